The molecule has 9 nitrogen and oxygen atoms in total. The Morgan fingerprint density at radius 3 is 2.77 bits per heavy atom. The first kappa shape index (κ1) is 15.5. The Bertz CT molecular complexity index is 710. The largest absolute Gasteiger partial charge is 0.478 e. The third-order valence-electron chi connectivity index (χ3n) is 2.64. The number of ether oxygens (including phenoxy) is 1. The van der Waals surface area contributed by atoms with E-state index in [1.165, 1.54) is 16.8 Å². The molecule has 0 bridgehead atoms. The summed E-state index contributed by atoms with van der Waals surface area (Å²) in [5.41, 5.74) is 0.803. The Balaban J connectivity index is 2.39. The van der Waals surface area contributed by atoms with Crippen molar-refractivity contribution in [1.29, 1.82) is 0 Å². The lowest BCUT2D eigenvalue weighted by Gasteiger charge is -2.12. The van der Waals surface area contributed by atoms with Gasteiger partial charge < -0.3 is 15.2 Å². The molecule has 0 aliphatic carbocycles. The molecule has 0 saturated carbocycles. The highest BCUT2D eigenvalue weighted by Crippen LogP contribution is 2.19. The van der Waals surface area contributed by atoms with Crippen molar-refractivity contribution in [2.45, 2.75) is 26.8 Å². The summed E-state index contributed by atoms with van der Waals surface area (Å²) in [6, 6.07) is 1.44. The number of anilines is 2. The van der Waals surface area contributed by atoms with Crippen LogP contribution in [0.25, 0.3) is 5.65 Å². The van der Waals surface area contributed by atoms with Crippen molar-refractivity contribution in [2.24, 2.45) is 0 Å². The second kappa shape index (κ2) is 6.29. The van der Waals surface area contributed by atoms with Gasteiger partial charge in [0.25, 0.3) is 5.95 Å². The number of amides is 1. The van der Waals surface area contributed by atoms with Crippen LogP contribution in [0.1, 0.15) is 31.1 Å². The first-order chi connectivity index (χ1) is 10.4. The molecule has 118 valence electrons. The summed E-state index contributed by atoms with van der Waals surface area (Å²) < 4.78 is 6.12. The maximum absolute atomic E-state index is 11.3. The summed E-state index contributed by atoms with van der Waals surface area (Å²) in [6.07, 6.45) is 0.847. The number of carboxylic acids is 1. The Hall–Kier alpha value is -2.84. The van der Waals surface area contributed by atoms with Crippen LogP contribution in [0.4, 0.5) is 16.4 Å². The Morgan fingerprint density at radius 1 is 1.45 bits per heavy atom. The number of nitrogens with one attached hydrogen (secondary N) is 2. The zero-order valence-electron chi connectivity index (χ0n) is 12.5. The summed E-state index contributed by atoms with van der Waals surface area (Å²) in [7, 11) is 0. The third-order valence-corrected chi connectivity index (χ3v) is 2.64. The number of nitrogens with zero attached hydrogens (tertiary/aromatic N) is 3. The molecule has 0 saturated heterocycles. The number of hydrogen-bond acceptors (Lipinski definition) is 6. The van der Waals surface area contributed by atoms with Crippen molar-refractivity contribution in [3.05, 3.63) is 17.8 Å². The van der Waals surface area contributed by atoms with E-state index in [0.29, 0.717) is 11.3 Å². The van der Waals surface area contributed by atoms with Crippen LogP contribution in [0, 0.1) is 0 Å². The van der Waals surface area contributed by atoms with E-state index in [9.17, 15) is 14.7 Å². The molecule has 2 rings (SSSR count). The zero-order chi connectivity index (χ0) is 16.3. The molecule has 2 heterocycles. The van der Waals surface area contributed by atoms with Crippen molar-refractivity contribution < 1.29 is 19.4 Å². The number of aromatic carboxylic acids is 1. The SMILES string of the molecule is CCOC(=O)Nc1nc2cc(C(=O)O)c(NC(C)C)cn2n1. The second-order valence-corrected chi connectivity index (χ2v) is 4.79. The molecule has 2 aromatic heterocycles. The van der Waals surface area contributed by atoms with Gasteiger partial charge >= 0.3 is 12.1 Å². The minimum absolute atomic E-state index is 0.0384. The molecule has 1 amide bonds. The molecule has 0 aromatic carbocycles. The number of fused-ring (bicyclic) bond motifs is 1. The van der Waals surface area contributed by atoms with Crippen LogP contribution in [0.5, 0.6) is 0 Å². The van der Waals surface area contributed by atoms with Gasteiger partial charge in [-0.3, -0.25) is 5.32 Å². The first-order valence-corrected chi connectivity index (χ1v) is 6.74. The minimum atomic E-state index is -1.08. The smallest absolute Gasteiger partial charge is 0.414 e. The molecule has 0 unspecified atom stereocenters. The van der Waals surface area contributed by atoms with E-state index in [1.807, 2.05) is 13.8 Å². The molecule has 0 atom stereocenters. The van der Waals surface area contributed by atoms with E-state index in [0.717, 1.165) is 0 Å². The molecule has 9 heteroatoms. The van der Waals surface area contributed by atoms with E-state index in [1.54, 1.807) is 6.92 Å². The van der Waals surface area contributed by atoms with Crippen molar-refractivity contribution in [2.75, 3.05) is 17.2 Å². The average molecular weight is 307 g/mol. The second-order valence-electron chi connectivity index (χ2n) is 4.79. The van der Waals surface area contributed by atoms with Crippen molar-refractivity contribution in [3.8, 4) is 0 Å². The molecule has 3 N–H and O–H groups in total. The highest BCUT2D eigenvalue weighted by molar-refractivity contribution is 5.95. The van der Waals surface area contributed by atoms with Gasteiger partial charge in [0.1, 0.15) is 0 Å². The van der Waals surface area contributed by atoms with Crippen molar-refractivity contribution >= 4 is 29.3 Å². The summed E-state index contributed by atoms with van der Waals surface area (Å²) in [4.78, 5) is 26.7. The highest BCUT2D eigenvalue weighted by atomic mass is 16.5. The molecule has 0 fully saturated rings. The van der Waals surface area contributed by atoms with Crippen LogP contribution >= 0.6 is 0 Å². The Morgan fingerprint density at radius 2 is 2.18 bits per heavy atom. The van der Waals surface area contributed by atoms with Gasteiger partial charge in [0.2, 0.25) is 0 Å². The number of carboxylic acid groups (broad SMARTS) is 1. The van der Waals surface area contributed by atoms with Crippen LogP contribution in [0.3, 0.4) is 0 Å². The van der Waals surface area contributed by atoms with Crippen LogP contribution in [0.15, 0.2) is 12.3 Å². The lowest BCUT2D eigenvalue weighted by Crippen LogP contribution is -2.14. The van der Waals surface area contributed by atoms with E-state index in [2.05, 4.69) is 20.7 Å². The van der Waals surface area contributed by atoms with Crippen LogP contribution in [0.2, 0.25) is 0 Å². The maximum atomic E-state index is 11.3. The van der Waals surface area contributed by atoms with Gasteiger partial charge in [-0.1, -0.05) is 0 Å². The first-order valence-electron chi connectivity index (χ1n) is 6.74. The Labute approximate surface area is 126 Å². The fraction of sp³-hybridized carbons (Fsp3) is 0.385. The van der Waals surface area contributed by atoms with Gasteiger partial charge in [-0.25, -0.2) is 14.1 Å². The standard InChI is InChI=1S/C13H17N5O4/c1-4-22-13(21)16-12-15-10-5-8(11(19)20)9(14-7(2)3)6-18(10)17-12/h5-7,14H,4H2,1-3H3,(H,19,20)(H,16,17,21). The molecule has 0 spiro atoms. The molecule has 22 heavy (non-hydrogen) atoms. The number of aromatic nitrogens is 3. The number of rotatable bonds is 5. The molecular weight excluding hydrogens is 290 g/mol. The number of pyridine rings is 1. The lowest BCUT2D eigenvalue weighted by atomic mass is 10.2. The predicted octanol–water partition coefficient (Wildman–Crippen LogP) is 1.82. The summed E-state index contributed by atoms with van der Waals surface area (Å²) in [5, 5.41) is 18.7. The third kappa shape index (κ3) is 3.43. The summed E-state index contributed by atoms with van der Waals surface area (Å²) in [6.45, 7) is 5.69. The van der Waals surface area contributed by atoms with E-state index < -0.39 is 12.1 Å². The topological polar surface area (TPSA) is 118 Å². The van der Waals surface area contributed by atoms with Crippen LogP contribution in [-0.2, 0) is 4.74 Å². The Kier molecular flexibility index (Phi) is 4.44. The predicted molar refractivity (Wildman–Crippen MR) is 79.3 cm³/mol. The normalized spacial score (nSPS) is 10.7. The van der Waals surface area contributed by atoms with Crippen LogP contribution in [-0.4, -0.2) is 44.4 Å². The van der Waals surface area contributed by atoms with E-state index >= 15 is 0 Å². The van der Waals surface area contributed by atoms with Gasteiger partial charge in [0.15, 0.2) is 5.65 Å². The maximum Gasteiger partial charge on any atom is 0.414 e. The van der Waals surface area contributed by atoms with Crippen LogP contribution < -0.4 is 10.6 Å². The summed E-state index contributed by atoms with van der Waals surface area (Å²) >= 11 is 0. The molecule has 2 aromatic rings. The molecule has 0 aliphatic heterocycles. The van der Waals surface area contributed by atoms with Gasteiger partial charge in [-0.15, -0.1) is 5.10 Å². The number of hydrogen-bond donors (Lipinski definition) is 3. The van der Waals surface area contributed by atoms with Crippen molar-refractivity contribution in [1.82, 2.24) is 14.6 Å². The molecule has 0 radical (unpaired) electrons. The summed E-state index contributed by atoms with van der Waals surface area (Å²) in [5.74, 6) is -1.04. The van der Waals surface area contributed by atoms with Gasteiger partial charge in [0.05, 0.1) is 24.1 Å². The van der Waals surface area contributed by atoms with Crippen molar-refractivity contribution in [3.63, 3.8) is 0 Å². The zero-order valence-corrected chi connectivity index (χ0v) is 12.5. The fourth-order valence-electron chi connectivity index (χ4n) is 1.84. The van der Waals surface area contributed by atoms with E-state index in [4.69, 9.17) is 4.74 Å². The highest BCUT2D eigenvalue weighted by Gasteiger charge is 2.16. The molecular formula is C13H17N5O4. The number of carbonyl (C=O) groups is 2. The number of carbonyl (C=O) groups excluding carboxylic acids is 1. The van der Waals surface area contributed by atoms with Gasteiger partial charge in [0, 0.05) is 6.04 Å². The van der Waals surface area contributed by atoms with Gasteiger partial charge in [-0.2, -0.15) is 4.98 Å². The average Bonchev–Trinajstić information content (AvgIpc) is 2.78. The van der Waals surface area contributed by atoms with E-state index in [-0.39, 0.29) is 24.2 Å². The quantitative estimate of drug-likeness (QED) is 0.771. The monoisotopic (exact) mass is 307 g/mol. The van der Waals surface area contributed by atoms with Gasteiger partial charge in [-0.05, 0) is 26.8 Å². The fourth-order valence-corrected chi connectivity index (χ4v) is 1.84. The lowest BCUT2D eigenvalue weighted by molar-refractivity contribution is 0.0698. The minimum Gasteiger partial charge on any atom is -0.478 e. The molecule has 0 aliphatic rings.